The molecule has 2 heterocycles. The minimum atomic E-state index is 0.877. The van der Waals surface area contributed by atoms with Crippen LogP contribution in [-0.4, -0.2) is 0 Å². The monoisotopic (exact) mass is 617 g/mol. The van der Waals surface area contributed by atoms with Gasteiger partial charge >= 0.3 is 0 Å². The molecule has 0 atom stereocenters. The summed E-state index contributed by atoms with van der Waals surface area (Å²) in [4.78, 5) is 2.45. The molecule has 0 radical (unpaired) electrons. The second-order valence-electron chi connectivity index (χ2n) is 12.1. The van der Waals surface area contributed by atoms with E-state index in [0.717, 1.165) is 55.5 Å². The third kappa shape index (κ3) is 3.97. The molecule has 0 aliphatic carbocycles. The van der Waals surface area contributed by atoms with Gasteiger partial charge in [0.1, 0.15) is 11.2 Å². The molecule has 47 heavy (non-hydrogen) atoms. The lowest BCUT2D eigenvalue weighted by molar-refractivity contribution is 0.673. The van der Waals surface area contributed by atoms with E-state index in [1.54, 1.807) is 0 Å². The first-order valence-corrected chi connectivity index (χ1v) is 16.8. The van der Waals surface area contributed by atoms with Crippen molar-refractivity contribution in [1.29, 1.82) is 0 Å². The number of anilines is 3. The molecule has 0 saturated carbocycles. The van der Waals surface area contributed by atoms with Crippen LogP contribution in [0.3, 0.4) is 0 Å². The van der Waals surface area contributed by atoms with Crippen LogP contribution in [0.1, 0.15) is 0 Å². The highest BCUT2D eigenvalue weighted by atomic mass is 32.1. The maximum atomic E-state index is 7.01. The first-order chi connectivity index (χ1) is 23.3. The summed E-state index contributed by atoms with van der Waals surface area (Å²) in [5.41, 5.74) is 7.42. The van der Waals surface area contributed by atoms with Crippen molar-refractivity contribution in [2.75, 3.05) is 4.90 Å². The van der Waals surface area contributed by atoms with Gasteiger partial charge in [-0.25, -0.2) is 0 Å². The van der Waals surface area contributed by atoms with Gasteiger partial charge in [-0.05, 0) is 63.7 Å². The molecular weight excluding hydrogens is 591 g/mol. The Balaban J connectivity index is 1.41. The van der Waals surface area contributed by atoms with Crippen LogP contribution < -0.4 is 4.90 Å². The van der Waals surface area contributed by atoms with E-state index >= 15 is 0 Å². The van der Waals surface area contributed by atoms with Crippen molar-refractivity contribution in [3.05, 3.63) is 164 Å². The smallest absolute Gasteiger partial charge is 0.143 e. The lowest BCUT2D eigenvalue weighted by atomic mass is 9.95. The fourth-order valence-electron chi connectivity index (χ4n) is 7.37. The number of rotatable bonds is 4. The quantitative estimate of drug-likeness (QED) is 0.183. The molecule has 0 unspecified atom stereocenters. The van der Waals surface area contributed by atoms with Gasteiger partial charge in [-0.1, -0.05) is 127 Å². The van der Waals surface area contributed by atoms with Crippen LogP contribution in [0.5, 0.6) is 0 Å². The lowest BCUT2D eigenvalue weighted by Gasteiger charge is -2.27. The number of furan rings is 1. The Kier molecular flexibility index (Phi) is 5.78. The minimum absolute atomic E-state index is 0.877. The van der Waals surface area contributed by atoms with Crippen LogP contribution in [0.4, 0.5) is 17.1 Å². The van der Waals surface area contributed by atoms with Gasteiger partial charge in [0.2, 0.25) is 0 Å². The Hall–Kier alpha value is -5.90. The molecule has 0 saturated heterocycles. The third-order valence-corrected chi connectivity index (χ3v) is 10.6. The number of hydrogen-bond acceptors (Lipinski definition) is 3. The molecular formula is C44H27NOS. The summed E-state index contributed by atoms with van der Waals surface area (Å²) >= 11 is 1.86. The average Bonchev–Trinajstić information content (AvgIpc) is 3.73. The Bertz CT molecular complexity index is 2790. The van der Waals surface area contributed by atoms with Crippen LogP contribution in [-0.2, 0) is 0 Å². The van der Waals surface area contributed by atoms with Crippen molar-refractivity contribution in [3.8, 4) is 11.1 Å². The Morgan fingerprint density at radius 2 is 1.04 bits per heavy atom. The molecule has 220 valence electrons. The van der Waals surface area contributed by atoms with E-state index in [-0.39, 0.29) is 0 Å². The van der Waals surface area contributed by atoms with Gasteiger partial charge in [0.15, 0.2) is 0 Å². The molecule has 0 bridgehead atoms. The van der Waals surface area contributed by atoms with Crippen LogP contribution in [0.25, 0.3) is 74.8 Å². The molecule has 8 aromatic carbocycles. The maximum Gasteiger partial charge on any atom is 0.143 e. The van der Waals surface area contributed by atoms with E-state index in [0.29, 0.717) is 0 Å². The fourth-order valence-corrected chi connectivity index (χ4v) is 8.58. The topological polar surface area (TPSA) is 16.4 Å². The standard InChI is InChI=1S/C44H27NOS/c1-3-14-28(15-4-1)29-26-38(42-39(27-29)46-43-35-22-10-8-19-32(35)31-18-7-9-21-34(31)41(42)43)45(30-16-5-2-6-17-30)37-24-13-23-36-33-20-11-12-25-40(33)47-44(36)37/h1-27H. The highest BCUT2D eigenvalue weighted by Gasteiger charge is 2.25. The summed E-state index contributed by atoms with van der Waals surface area (Å²) in [5, 5.41) is 9.58. The van der Waals surface area contributed by atoms with Gasteiger partial charge in [-0.15, -0.1) is 11.3 Å². The second-order valence-corrected chi connectivity index (χ2v) is 13.1. The number of thiophene rings is 1. The fraction of sp³-hybridized carbons (Fsp3) is 0. The van der Waals surface area contributed by atoms with Crippen molar-refractivity contribution in [1.82, 2.24) is 0 Å². The Morgan fingerprint density at radius 3 is 1.83 bits per heavy atom. The first-order valence-electron chi connectivity index (χ1n) is 15.9. The van der Waals surface area contributed by atoms with Crippen molar-refractivity contribution in [2.45, 2.75) is 0 Å². The van der Waals surface area contributed by atoms with E-state index in [9.17, 15) is 0 Å². The number of hydrogen-bond donors (Lipinski definition) is 0. The van der Waals surface area contributed by atoms with Crippen molar-refractivity contribution in [3.63, 3.8) is 0 Å². The molecule has 10 rings (SSSR count). The van der Waals surface area contributed by atoms with Gasteiger partial charge in [-0.2, -0.15) is 0 Å². The number of benzene rings is 8. The SMILES string of the molecule is c1ccc(-c2cc(N(c3ccccc3)c3cccc4c3sc3ccccc34)c3c(c2)oc2c4ccccc4c4ccccc4c23)cc1. The molecule has 0 N–H and O–H groups in total. The van der Waals surface area contributed by atoms with Crippen LogP contribution in [0.2, 0.25) is 0 Å². The molecule has 0 aliphatic heterocycles. The molecule has 0 amide bonds. The summed E-state index contributed by atoms with van der Waals surface area (Å²) in [6.45, 7) is 0. The van der Waals surface area contributed by atoms with E-state index in [2.05, 4.69) is 169 Å². The van der Waals surface area contributed by atoms with E-state index in [1.165, 1.54) is 36.3 Å². The van der Waals surface area contributed by atoms with E-state index in [1.807, 2.05) is 11.3 Å². The summed E-state index contributed by atoms with van der Waals surface area (Å²) in [7, 11) is 0. The van der Waals surface area contributed by atoms with E-state index in [4.69, 9.17) is 4.42 Å². The zero-order chi connectivity index (χ0) is 30.9. The molecule has 0 aliphatic rings. The Labute approximate surface area is 275 Å². The number of para-hydroxylation sites is 1. The van der Waals surface area contributed by atoms with Gasteiger partial charge in [0.25, 0.3) is 0 Å². The van der Waals surface area contributed by atoms with Gasteiger partial charge in [0, 0.05) is 31.9 Å². The van der Waals surface area contributed by atoms with Crippen molar-refractivity contribution < 1.29 is 4.42 Å². The highest BCUT2D eigenvalue weighted by molar-refractivity contribution is 7.26. The molecule has 0 spiro atoms. The lowest BCUT2D eigenvalue weighted by Crippen LogP contribution is -2.10. The third-order valence-electron chi connectivity index (χ3n) is 9.42. The normalized spacial score (nSPS) is 11.8. The highest BCUT2D eigenvalue weighted by Crippen LogP contribution is 2.51. The van der Waals surface area contributed by atoms with Gasteiger partial charge < -0.3 is 9.32 Å². The predicted molar refractivity (Wildman–Crippen MR) is 202 cm³/mol. The molecule has 3 heteroatoms. The first kappa shape index (κ1) is 26.3. The van der Waals surface area contributed by atoms with Crippen molar-refractivity contribution >= 4 is 92.1 Å². The maximum absolute atomic E-state index is 7.01. The summed E-state index contributed by atoms with van der Waals surface area (Å²) in [6, 6.07) is 58.8. The molecule has 2 aromatic heterocycles. The largest absolute Gasteiger partial charge is 0.455 e. The number of fused-ring (bicyclic) bond motifs is 11. The van der Waals surface area contributed by atoms with Crippen LogP contribution in [0, 0.1) is 0 Å². The van der Waals surface area contributed by atoms with Crippen LogP contribution in [0.15, 0.2) is 168 Å². The zero-order valence-corrected chi connectivity index (χ0v) is 26.2. The minimum Gasteiger partial charge on any atom is -0.455 e. The van der Waals surface area contributed by atoms with Gasteiger partial charge in [0.05, 0.1) is 21.5 Å². The molecule has 2 nitrogen and oxygen atoms in total. The summed E-state index contributed by atoms with van der Waals surface area (Å²) < 4.78 is 9.56. The Morgan fingerprint density at radius 1 is 0.426 bits per heavy atom. The second kappa shape index (κ2) is 10.3. The summed E-state index contributed by atoms with van der Waals surface area (Å²) in [5.74, 6) is 0. The van der Waals surface area contributed by atoms with Gasteiger partial charge in [-0.3, -0.25) is 0 Å². The summed E-state index contributed by atoms with van der Waals surface area (Å²) in [6.07, 6.45) is 0. The van der Waals surface area contributed by atoms with E-state index < -0.39 is 0 Å². The average molecular weight is 618 g/mol. The van der Waals surface area contributed by atoms with Crippen molar-refractivity contribution in [2.24, 2.45) is 0 Å². The molecule has 0 fully saturated rings. The number of nitrogens with zero attached hydrogens (tertiary/aromatic N) is 1. The molecule has 10 aromatic rings. The zero-order valence-electron chi connectivity index (χ0n) is 25.4. The van der Waals surface area contributed by atoms with Crippen LogP contribution >= 0.6 is 11.3 Å². The predicted octanol–water partition coefficient (Wildman–Crippen LogP) is 13.4.